The molecule has 2 amide bonds. The molecule has 142 valence electrons. The fraction of sp³-hybridized carbons (Fsp3) is 0.500. The number of nitrogens with one attached hydrogen (secondary N) is 1. The van der Waals surface area contributed by atoms with E-state index in [1.54, 1.807) is 16.7 Å². The summed E-state index contributed by atoms with van der Waals surface area (Å²) in [5.74, 6) is 1.81. The second-order valence-corrected chi connectivity index (χ2v) is 7.32. The summed E-state index contributed by atoms with van der Waals surface area (Å²) in [4.78, 5) is 27.0. The average Bonchev–Trinajstić information content (AvgIpc) is 3.11. The minimum atomic E-state index is -0.426. The van der Waals surface area contributed by atoms with Gasteiger partial charge in [0.25, 0.3) is 5.91 Å². The lowest BCUT2D eigenvalue weighted by molar-refractivity contribution is -0.135. The lowest BCUT2D eigenvalue weighted by Gasteiger charge is -2.25. The summed E-state index contributed by atoms with van der Waals surface area (Å²) in [5.41, 5.74) is 1.68. The first-order valence-electron chi connectivity index (χ1n) is 9.06. The van der Waals surface area contributed by atoms with Gasteiger partial charge in [0.05, 0.1) is 18.5 Å². The molecule has 1 saturated heterocycles. The van der Waals surface area contributed by atoms with Gasteiger partial charge in [0.2, 0.25) is 5.91 Å². The molecule has 2 atom stereocenters. The minimum absolute atomic E-state index is 0.0528. The van der Waals surface area contributed by atoms with E-state index in [-0.39, 0.29) is 17.9 Å². The molecule has 1 fully saturated rings. The molecule has 1 aromatic carbocycles. The Labute approximate surface area is 160 Å². The van der Waals surface area contributed by atoms with Gasteiger partial charge in [0.15, 0.2) is 0 Å². The molecule has 0 aromatic heterocycles. The SMILES string of the molecule is CCC=C(C)C(=O)N1CSCC1C(=O)NC(C)c1cccc(OCC)c1. The smallest absolute Gasteiger partial charge is 0.250 e. The maximum absolute atomic E-state index is 12.8. The van der Waals surface area contributed by atoms with E-state index in [0.717, 1.165) is 17.7 Å². The molecule has 0 aliphatic carbocycles. The van der Waals surface area contributed by atoms with E-state index < -0.39 is 6.04 Å². The molecule has 5 nitrogen and oxygen atoms in total. The molecule has 0 saturated carbocycles. The van der Waals surface area contributed by atoms with Gasteiger partial charge < -0.3 is 15.0 Å². The van der Waals surface area contributed by atoms with Crippen LogP contribution < -0.4 is 10.1 Å². The van der Waals surface area contributed by atoms with Gasteiger partial charge >= 0.3 is 0 Å². The second-order valence-electron chi connectivity index (χ2n) is 6.32. The Balaban J connectivity index is 2.05. The Kier molecular flexibility index (Phi) is 7.57. The molecule has 2 rings (SSSR count). The van der Waals surface area contributed by atoms with Crippen molar-refractivity contribution in [3.63, 3.8) is 0 Å². The van der Waals surface area contributed by atoms with Crippen LogP contribution in [0.5, 0.6) is 5.75 Å². The fourth-order valence-electron chi connectivity index (χ4n) is 2.91. The third-order valence-electron chi connectivity index (χ3n) is 4.32. The predicted molar refractivity (Wildman–Crippen MR) is 106 cm³/mol. The molecule has 26 heavy (non-hydrogen) atoms. The van der Waals surface area contributed by atoms with E-state index in [1.165, 1.54) is 0 Å². The van der Waals surface area contributed by atoms with Crippen LogP contribution in [0.15, 0.2) is 35.9 Å². The van der Waals surface area contributed by atoms with Crippen molar-refractivity contribution in [3.05, 3.63) is 41.5 Å². The zero-order valence-corrected chi connectivity index (χ0v) is 16.8. The van der Waals surface area contributed by atoms with Crippen LogP contribution in [0.1, 0.15) is 45.7 Å². The Morgan fingerprint density at radius 2 is 2.19 bits per heavy atom. The van der Waals surface area contributed by atoms with Gasteiger partial charge in [-0.05, 0) is 44.9 Å². The van der Waals surface area contributed by atoms with E-state index in [2.05, 4.69) is 5.32 Å². The summed E-state index contributed by atoms with van der Waals surface area (Å²) in [5, 5.41) is 3.04. The highest BCUT2D eigenvalue weighted by molar-refractivity contribution is 7.99. The standard InChI is InChI=1S/C20H28N2O3S/c1-5-8-14(3)20(24)22-13-26-12-18(22)19(23)21-15(4)16-9-7-10-17(11-16)25-6-2/h7-11,15,18H,5-6,12-13H2,1-4H3,(H,21,23). The first kappa shape index (κ1) is 20.4. The third-order valence-corrected chi connectivity index (χ3v) is 5.33. The molecular formula is C20H28N2O3S. The molecule has 1 aliphatic rings. The monoisotopic (exact) mass is 376 g/mol. The summed E-state index contributed by atoms with van der Waals surface area (Å²) in [6.45, 7) is 8.30. The first-order valence-corrected chi connectivity index (χ1v) is 10.2. The normalized spacial score (nSPS) is 18.5. The predicted octanol–water partition coefficient (Wildman–Crippen LogP) is 3.52. The van der Waals surface area contributed by atoms with Crippen molar-refractivity contribution in [1.29, 1.82) is 0 Å². The quantitative estimate of drug-likeness (QED) is 0.740. The lowest BCUT2D eigenvalue weighted by atomic mass is 10.1. The van der Waals surface area contributed by atoms with Crippen molar-refractivity contribution in [3.8, 4) is 5.75 Å². The number of nitrogens with zero attached hydrogens (tertiary/aromatic N) is 1. The van der Waals surface area contributed by atoms with Crippen LogP contribution in [0.2, 0.25) is 0 Å². The number of allylic oxidation sites excluding steroid dienone is 1. The van der Waals surface area contributed by atoms with Gasteiger partial charge in [-0.2, -0.15) is 0 Å². The molecule has 0 bridgehead atoms. The Bertz CT molecular complexity index is 675. The van der Waals surface area contributed by atoms with Crippen molar-refractivity contribution in [2.24, 2.45) is 0 Å². The Morgan fingerprint density at radius 1 is 1.42 bits per heavy atom. The number of hydrogen-bond donors (Lipinski definition) is 1. The summed E-state index contributed by atoms with van der Waals surface area (Å²) >= 11 is 1.61. The van der Waals surface area contributed by atoms with Gasteiger partial charge in [-0.1, -0.05) is 25.1 Å². The van der Waals surface area contributed by atoms with Gasteiger partial charge in [-0.3, -0.25) is 9.59 Å². The van der Waals surface area contributed by atoms with Crippen molar-refractivity contribution in [1.82, 2.24) is 10.2 Å². The number of benzene rings is 1. The highest BCUT2D eigenvalue weighted by Gasteiger charge is 2.35. The van der Waals surface area contributed by atoms with Crippen LogP contribution in [0, 0.1) is 0 Å². The van der Waals surface area contributed by atoms with Gasteiger partial charge in [-0.25, -0.2) is 0 Å². The first-order chi connectivity index (χ1) is 12.5. The third kappa shape index (κ3) is 5.04. The number of amides is 2. The molecule has 1 N–H and O–H groups in total. The summed E-state index contributed by atoms with van der Waals surface area (Å²) in [6, 6.07) is 7.15. The second kappa shape index (κ2) is 9.67. The number of rotatable bonds is 7. The van der Waals surface area contributed by atoms with Crippen molar-refractivity contribution in [2.45, 2.75) is 46.2 Å². The maximum Gasteiger partial charge on any atom is 0.250 e. The van der Waals surface area contributed by atoms with Crippen LogP contribution in [0.3, 0.4) is 0 Å². The van der Waals surface area contributed by atoms with E-state index >= 15 is 0 Å². The van der Waals surface area contributed by atoms with Crippen LogP contribution >= 0.6 is 11.8 Å². The number of carbonyl (C=O) groups excluding carboxylic acids is 2. The lowest BCUT2D eigenvalue weighted by Crippen LogP contribution is -2.48. The number of thioether (sulfide) groups is 1. The summed E-state index contributed by atoms with van der Waals surface area (Å²) < 4.78 is 5.52. The Hall–Kier alpha value is -1.95. The minimum Gasteiger partial charge on any atom is -0.494 e. The van der Waals surface area contributed by atoms with Gasteiger partial charge in [-0.15, -0.1) is 11.8 Å². The van der Waals surface area contributed by atoms with Crippen LogP contribution in [-0.4, -0.2) is 41.0 Å². The molecule has 0 radical (unpaired) electrons. The molecule has 1 aliphatic heterocycles. The van der Waals surface area contributed by atoms with Crippen molar-refractivity contribution in [2.75, 3.05) is 18.2 Å². The fourth-order valence-corrected chi connectivity index (χ4v) is 4.07. The molecule has 2 unspecified atom stereocenters. The van der Waals surface area contributed by atoms with E-state index in [0.29, 0.717) is 23.8 Å². The Morgan fingerprint density at radius 3 is 2.88 bits per heavy atom. The van der Waals surface area contributed by atoms with Crippen LogP contribution in [0.4, 0.5) is 0 Å². The largest absolute Gasteiger partial charge is 0.494 e. The maximum atomic E-state index is 12.8. The highest BCUT2D eigenvalue weighted by atomic mass is 32.2. The van der Waals surface area contributed by atoms with E-state index in [1.807, 2.05) is 58.0 Å². The van der Waals surface area contributed by atoms with E-state index in [4.69, 9.17) is 4.74 Å². The summed E-state index contributed by atoms with van der Waals surface area (Å²) in [7, 11) is 0. The number of carbonyl (C=O) groups is 2. The van der Waals surface area contributed by atoms with E-state index in [9.17, 15) is 9.59 Å². The molecule has 6 heteroatoms. The van der Waals surface area contributed by atoms with Crippen LogP contribution in [0.25, 0.3) is 0 Å². The number of hydrogen-bond acceptors (Lipinski definition) is 4. The summed E-state index contributed by atoms with van der Waals surface area (Å²) in [6.07, 6.45) is 2.71. The molecule has 0 spiro atoms. The van der Waals surface area contributed by atoms with Crippen molar-refractivity contribution < 1.29 is 14.3 Å². The zero-order chi connectivity index (χ0) is 19.1. The number of ether oxygens (including phenoxy) is 1. The molecular weight excluding hydrogens is 348 g/mol. The highest BCUT2D eigenvalue weighted by Crippen LogP contribution is 2.25. The van der Waals surface area contributed by atoms with Gasteiger partial charge in [0.1, 0.15) is 11.8 Å². The van der Waals surface area contributed by atoms with Gasteiger partial charge in [0, 0.05) is 11.3 Å². The topological polar surface area (TPSA) is 58.6 Å². The average molecular weight is 377 g/mol. The molecule has 1 heterocycles. The molecule has 1 aromatic rings. The van der Waals surface area contributed by atoms with Crippen LogP contribution in [-0.2, 0) is 9.59 Å². The van der Waals surface area contributed by atoms with Crippen molar-refractivity contribution >= 4 is 23.6 Å². The zero-order valence-electron chi connectivity index (χ0n) is 16.0.